The van der Waals surface area contributed by atoms with E-state index in [4.69, 9.17) is 15.2 Å². The van der Waals surface area contributed by atoms with E-state index in [1.807, 2.05) is 13.8 Å². The highest BCUT2D eigenvalue weighted by Gasteiger charge is 2.03. The van der Waals surface area contributed by atoms with Crippen LogP contribution in [0.25, 0.3) is 0 Å². The third-order valence-corrected chi connectivity index (χ3v) is 2.14. The topological polar surface area (TPSA) is 79.7 Å². The molecular formula is C13H32N2O3. The van der Waals surface area contributed by atoms with Gasteiger partial charge in [-0.2, -0.15) is 0 Å². The van der Waals surface area contributed by atoms with Gasteiger partial charge in [-0.05, 0) is 20.3 Å². The lowest BCUT2D eigenvalue weighted by Crippen LogP contribution is -2.27. The summed E-state index contributed by atoms with van der Waals surface area (Å²) in [5.41, 5.74) is 5.58. The zero-order valence-corrected chi connectivity index (χ0v) is 12.5. The molecule has 0 bridgehead atoms. The molecule has 0 saturated carbocycles. The Morgan fingerprint density at radius 2 is 1.67 bits per heavy atom. The molecule has 2 atom stereocenters. The lowest BCUT2D eigenvalue weighted by molar-refractivity contribution is -0.0107. The highest BCUT2D eigenvalue weighted by atomic mass is 16.6. The molecule has 0 fully saturated rings. The van der Waals surface area contributed by atoms with Gasteiger partial charge in [0.15, 0.2) is 0 Å². The summed E-state index contributed by atoms with van der Waals surface area (Å²) >= 11 is 0. The molecule has 18 heavy (non-hydrogen) atoms. The summed E-state index contributed by atoms with van der Waals surface area (Å²) in [6, 6.07) is 0.108. The fourth-order valence-electron chi connectivity index (χ4n) is 1.24. The van der Waals surface area contributed by atoms with Gasteiger partial charge < -0.3 is 20.0 Å². The van der Waals surface area contributed by atoms with E-state index in [1.165, 1.54) is 26.4 Å². The predicted octanol–water partition coefficient (Wildman–Crippen LogP) is 1.84. The van der Waals surface area contributed by atoms with Crippen molar-refractivity contribution in [2.75, 3.05) is 26.9 Å². The number of ether oxygens (including phenoxy) is 2. The molecule has 0 aromatic rings. The maximum atomic E-state index is 5.58. The first-order chi connectivity index (χ1) is 8.58. The first kappa shape index (κ1) is 20.1. The Kier molecular flexibility index (Phi) is 18.8. The molecule has 0 aliphatic heterocycles. The van der Waals surface area contributed by atoms with Crippen LogP contribution in [0.1, 0.15) is 46.5 Å². The highest BCUT2D eigenvalue weighted by molar-refractivity contribution is 4.53. The summed E-state index contributed by atoms with van der Waals surface area (Å²) in [7, 11) is 1.40. The van der Waals surface area contributed by atoms with E-state index in [2.05, 4.69) is 17.7 Å². The SMILES string of the molecule is CCCCCCOCC(C)OCC(C)N.CON. The minimum Gasteiger partial charge on any atom is -0.379 e. The molecule has 0 aliphatic rings. The zero-order valence-electron chi connectivity index (χ0n) is 12.5. The summed E-state index contributed by atoms with van der Waals surface area (Å²) in [6.07, 6.45) is 5.16. The van der Waals surface area contributed by atoms with E-state index in [0.29, 0.717) is 13.2 Å². The Balaban J connectivity index is 0. The van der Waals surface area contributed by atoms with Gasteiger partial charge in [0.25, 0.3) is 0 Å². The summed E-state index contributed by atoms with van der Waals surface area (Å²) in [6.45, 7) is 8.32. The molecular weight excluding hydrogens is 232 g/mol. The zero-order chi connectivity index (χ0) is 14.2. The smallest absolute Gasteiger partial charge is 0.0781 e. The summed E-state index contributed by atoms with van der Waals surface area (Å²) in [5.74, 6) is 4.35. The summed E-state index contributed by atoms with van der Waals surface area (Å²) < 4.78 is 11.0. The third kappa shape index (κ3) is 21.1. The van der Waals surface area contributed by atoms with Gasteiger partial charge in [-0.15, -0.1) is 0 Å². The monoisotopic (exact) mass is 264 g/mol. The van der Waals surface area contributed by atoms with Crippen molar-refractivity contribution in [2.24, 2.45) is 11.6 Å². The van der Waals surface area contributed by atoms with Gasteiger partial charge in [0, 0.05) is 12.6 Å². The van der Waals surface area contributed by atoms with Crippen molar-refractivity contribution in [3.8, 4) is 0 Å². The first-order valence-electron chi connectivity index (χ1n) is 6.76. The number of hydrogen-bond acceptors (Lipinski definition) is 5. The molecule has 0 heterocycles. The predicted molar refractivity (Wildman–Crippen MR) is 75.2 cm³/mol. The Hall–Kier alpha value is -0.200. The van der Waals surface area contributed by atoms with Crippen molar-refractivity contribution >= 4 is 0 Å². The molecule has 5 nitrogen and oxygen atoms in total. The quantitative estimate of drug-likeness (QED) is 0.465. The van der Waals surface area contributed by atoms with E-state index in [-0.39, 0.29) is 12.1 Å². The van der Waals surface area contributed by atoms with E-state index in [0.717, 1.165) is 13.0 Å². The average molecular weight is 264 g/mol. The lowest BCUT2D eigenvalue weighted by atomic mass is 10.2. The molecule has 0 amide bonds. The van der Waals surface area contributed by atoms with Crippen molar-refractivity contribution < 1.29 is 14.3 Å². The van der Waals surface area contributed by atoms with E-state index in [9.17, 15) is 0 Å². The minimum atomic E-state index is 0.108. The Bertz CT molecular complexity index is 146. The lowest BCUT2D eigenvalue weighted by Gasteiger charge is -2.14. The maximum Gasteiger partial charge on any atom is 0.0781 e. The molecule has 5 heteroatoms. The van der Waals surface area contributed by atoms with Gasteiger partial charge in [0.1, 0.15) is 0 Å². The minimum absolute atomic E-state index is 0.108. The van der Waals surface area contributed by atoms with Crippen LogP contribution in [0.3, 0.4) is 0 Å². The fourth-order valence-corrected chi connectivity index (χ4v) is 1.24. The molecule has 2 unspecified atom stereocenters. The van der Waals surface area contributed by atoms with E-state index >= 15 is 0 Å². The van der Waals surface area contributed by atoms with Gasteiger partial charge in [-0.3, -0.25) is 0 Å². The van der Waals surface area contributed by atoms with Crippen molar-refractivity contribution in [3.05, 3.63) is 0 Å². The summed E-state index contributed by atoms with van der Waals surface area (Å²) in [5, 5.41) is 0. The van der Waals surface area contributed by atoms with Crippen LogP contribution in [-0.2, 0) is 14.3 Å². The van der Waals surface area contributed by atoms with Crippen LogP contribution in [-0.4, -0.2) is 39.1 Å². The molecule has 4 N–H and O–H groups in total. The molecule has 0 aromatic heterocycles. The van der Waals surface area contributed by atoms with Gasteiger partial charge in [-0.25, -0.2) is 5.90 Å². The second kappa shape index (κ2) is 16.8. The van der Waals surface area contributed by atoms with E-state index < -0.39 is 0 Å². The second-order valence-electron chi connectivity index (χ2n) is 4.49. The van der Waals surface area contributed by atoms with Crippen LogP contribution >= 0.6 is 0 Å². The van der Waals surface area contributed by atoms with Gasteiger partial charge >= 0.3 is 0 Å². The molecule has 0 radical (unpaired) electrons. The highest BCUT2D eigenvalue weighted by Crippen LogP contribution is 2.00. The summed E-state index contributed by atoms with van der Waals surface area (Å²) in [4.78, 5) is 3.75. The molecule has 0 spiro atoms. The standard InChI is InChI=1S/C12H27NO2.CH5NO/c1-4-5-6-7-8-14-10-12(3)15-9-11(2)13;1-3-2/h11-12H,4-10,13H2,1-3H3;2H2,1H3. The normalized spacial score (nSPS) is 13.7. The van der Waals surface area contributed by atoms with Crippen LogP contribution in [0, 0.1) is 0 Å². The second-order valence-corrected chi connectivity index (χ2v) is 4.49. The van der Waals surface area contributed by atoms with Crippen molar-refractivity contribution in [2.45, 2.75) is 58.6 Å². The molecule has 0 rings (SSSR count). The van der Waals surface area contributed by atoms with Crippen LogP contribution in [0.4, 0.5) is 0 Å². The Morgan fingerprint density at radius 3 is 2.17 bits per heavy atom. The van der Waals surface area contributed by atoms with Crippen LogP contribution in [0.5, 0.6) is 0 Å². The van der Waals surface area contributed by atoms with Crippen molar-refractivity contribution in [1.29, 1.82) is 0 Å². The van der Waals surface area contributed by atoms with Crippen molar-refractivity contribution in [3.63, 3.8) is 0 Å². The number of hydrogen-bond donors (Lipinski definition) is 2. The largest absolute Gasteiger partial charge is 0.379 e. The molecule has 112 valence electrons. The van der Waals surface area contributed by atoms with Gasteiger partial charge in [0.2, 0.25) is 0 Å². The molecule has 0 aromatic carbocycles. The van der Waals surface area contributed by atoms with Crippen LogP contribution in [0.15, 0.2) is 0 Å². The number of unbranched alkanes of at least 4 members (excludes halogenated alkanes) is 3. The molecule has 0 aliphatic carbocycles. The van der Waals surface area contributed by atoms with Crippen LogP contribution in [0.2, 0.25) is 0 Å². The Morgan fingerprint density at radius 1 is 1.06 bits per heavy atom. The van der Waals surface area contributed by atoms with Crippen molar-refractivity contribution in [1.82, 2.24) is 0 Å². The Labute approximate surface area is 112 Å². The fraction of sp³-hybridized carbons (Fsp3) is 1.00. The van der Waals surface area contributed by atoms with Crippen LogP contribution < -0.4 is 11.6 Å². The third-order valence-electron chi connectivity index (χ3n) is 2.14. The van der Waals surface area contributed by atoms with Gasteiger partial charge in [-0.1, -0.05) is 26.2 Å². The first-order valence-corrected chi connectivity index (χ1v) is 6.76. The number of nitrogens with two attached hydrogens (primary N) is 2. The molecule has 0 saturated heterocycles. The van der Waals surface area contributed by atoms with E-state index in [1.54, 1.807) is 0 Å². The average Bonchev–Trinajstić information content (AvgIpc) is 2.32. The van der Waals surface area contributed by atoms with Gasteiger partial charge in [0.05, 0.1) is 26.4 Å². The maximum absolute atomic E-state index is 5.58. The number of rotatable bonds is 10.